The Hall–Kier alpha value is -2.96. The Morgan fingerprint density at radius 3 is 2.58 bits per heavy atom. The molecule has 1 aromatic carbocycles. The number of hydrogen-bond acceptors (Lipinski definition) is 7. The zero-order chi connectivity index (χ0) is 25.0. The summed E-state index contributed by atoms with van der Waals surface area (Å²) in [5.41, 5.74) is 2.08. The van der Waals surface area contributed by atoms with Crippen molar-refractivity contribution in [1.82, 2.24) is 20.9 Å². The molecular weight excluding hydrogens is 472 g/mol. The molecule has 5 rings (SSSR count). The molecule has 1 saturated heterocycles. The van der Waals surface area contributed by atoms with Crippen LogP contribution in [0.1, 0.15) is 61.7 Å². The van der Waals surface area contributed by atoms with Gasteiger partial charge in [0.05, 0.1) is 23.1 Å². The summed E-state index contributed by atoms with van der Waals surface area (Å²) in [5, 5.41) is 25.2. The maximum absolute atomic E-state index is 13.0. The number of nitrogens with one attached hydrogen (secondary N) is 4. The van der Waals surface area contributed by atoms with E-state index in [1.165, 1.54) is 0 Å². The van der Waals surface area contributed by atoms with Gasteiger partial charge in [-0.15, -0.1) is 11.3 Å². The van der Waals surface area contributed by atoms with Crippen LogP contribution in [0.4, 0.5) is 5.13 Å². The number of benzene rings is 1. The molecule has 2 aromatic rings. The van der Waals surface area contributed by atoms with Crippen LogP contribution in [0.5, 0.6) is 0 Å². The van der Waals surface area contributed by atoms with Crippen LogP contribution in [0.2, 0.25) is 0 Å². The smallest absolute Gasteiger partial charge is 0.251 e. The summed E-state index contributed by atoms with van der Waals surface area (Å²) >= 11 is 1.61. The fraction of sp³-hybridized carbons (Fsp3) is 0.556. The predicted molar refractivity (Wildman–Crippen MR) is 141 cm³/mol. The quantitative estimate of drug-likeness (QED) is 0.434. The average molecular weight is 507 g/mol. The summed E-state index contributed by atoms with van der Waals surface area (Å²) in [7, 11) is 0. The highest BCUT2D eigenvalue weighted by molar-refractivity contribution is 7.14. The lowest BCUT2D eigenvalue weighted by molar-refractivity contribution is -0.126. The molecule has 4 N–H and O–H groups in total. The first-order valence-corrected chi connectivity index (χ1v) is 14.0. The number of hydrogen-bond donors (Lipinski definition) is 4. The Morgan fingerprint density at radius 2 is 1.86 bits per heavy atom. The van der Waals surface area contributed by atoms with Crippen molar-refractivity contribution in [2.75, 3.05) is 25.0 Å². The van der Waals surface area contributed by atoms with E-state index in [9.17, 15) is 14.9 Å². The summed E-state index contributed by atoms with van der Waals surface area (Å²) in [6, 6.07) is 10.1. The molecule has 0 radical (unpaired) electrons. The Bertz CT molecular complexity index is 1110. The molecule has 3 aliphatic rings. The molecular formula is C27H34N6O2S. The predicted octanol–water partition coefficient (Wildman–Crippen LogP) is 3.68. The number of rotatable bonds is 8. The molecule has 2 amide bonds. The van der Waals surface area contributed by atoms with Gasteiger partial charge in [0.25, 0.3) is 5.91 Å². The maximum atomic E-state index is 13.0. The number of thiazole rings is 1. The number of carbonyl (C=O) groups excluding carboxylic acids is 2. The molecule has 0 unspecified atom stereocenters. The minimum absolute atomic E-state index is 0.0469. The van der Waals surface area contributed by atoms with Gasteiger partial charge in [0.2, 0.25) is 5.91 Å². The van der Waals surface area contributed by atoms with E-state index >= 15 is 0 Å². The molecule has 190 valence electrons. The van der Waals surface area contributed by atoms with Gasteiger partial charge in [-0.25, -0.2) is 4.98 Å². The van der Waals surface area contributed by atoms with Gasteiger partial charge < -0.3 is 21.3 Å². The Balaban J connectivity index is 1.17. The second-order valence-electron chi connectivity index (χ2n) is 10.4. The van der Waals surface area contributed by atoms with E-state index in [0.29, 0.717) is 18.2 Å². The highest BCUT2D eigenvalue weighted by Gasteiger charge is 2.44. The summed E-state index contributed by atoms with van der Waals surface area (Å²) in [4.78, 5) is 30.6. The number of amides is 2. The largest absolute Gasteiger partial charge is 0.359 e. The molecule has 3 fully saturated rings. The van der Waals surface area contributed by atoms with Gasteiger partial charge in [0.15, 0.2) is 5.13 Å². The van der Waals surface area contributed by atoms with Crippen LogP contribution in [-0.4, -0.2) is 48.5 Å². The van der Waals surface area contributed by atoms with Gasteiger partial charge in [-0.2, -0.15) is 5.26 Å². The Labute approximate surface area is 216 Å². The number of nitriles is 1. The van der Waals surface area contributed by atoms with Gasteiger partial charge in [-0.1, -0.05) is 25.0 Å². The molecule has 8 nitrogen and oxygen atoms in total. The number of anilines is 1. The molecule has 2 saturated carbocycles. The van der Waals surface area contributed by atoms with E-state index in [4.69, 9.17) is 4.98 Å². The SMILES string of the molecule is N#CC1(CNC(=O)[C@@H]2CCCC[C@@H]2NC(=O)c2ccc(-c3csc(NC4CCNCC4)n3)cc2)CC1. The van der Waals surface area contributed by atoms with Crippen LogP contribution in [0.25, 0.3) is 11.3 Å². The van der Waals surface area contributed by atoms with E-state index in [-0.39, 0.29) is 29.2 Å². The summed E-state index contributed by atoms with van der Waals surface area (Å²) in [6.45, 7) is 2.48. The van der Waals surface area contributed by atoms with Crippen LogP contribution in [0.15, 0.2) is 29.6 Å². The Kier molecular flexibility index (Phi) is 7.54. The summed E-state index contributed by atoms with van der Waals surface area (Å²) < 4.78 is 0. The third-order valence-electron chi connectivity index (χ3n) is 7.72. The van der Waals surface area contributed by atoms with Crippen molar-refractivity contribution in [1.29, 1.82) is 5.26 Å². The van der Waals surface area contributed by atoms with Crippen molar-refractivity contribution < 1.29 is 9.59 Å². The number of nitrogens with zero attached hydrogens (tertiary/aromatic N) is 2. The van der Waals surface area contributed by atoms with Crippen LogP contribution in [0, 0.1) is 22.7 Å². The minimum Gasteiger partial charge on any atom is -0.359 e. The lowest BCUT2D eigenvalue weighted by Crippen LogP contribution is -2.49. The van der Waals surface area contributed by atoms with Crippen LogP contribution >= 0.6 is 11.3 Å². The van der Waals surface area contributed by atoms with Crippen molar-refractivity contribution in [3.63, 3.8) is 0 Å². The van der Waals surface area contributed by atoms with Crippen LogP contribution in [0.3, 0.4) is 0 Å². The lowest BCUT2D eigenvalue weighted by atomic mass is 9.83. The van der Waals surface area contributed by atoms with Crippen molar-refractivity contribution in [2.45, 2.75) is 63.5 Å². The average Bonchev–Trinajstić information content (AvgIpc) is 3.56. The molecule has 0 bridgehead atoms. The standard InChI is InChI=1S/C27H34N6O2S/c28-16-27(11-12-27)17-30-25(35)21-3-1-2-4-22(21)32-24(34)19-7-5-18(6-8-19)23-15-36-26(33-23)31-20-9-13-29-14-10-20/h5-8,15,20-22,29H,1-4,9-14,17H2,(H,30,35)(H,31,33)(H,32,34)/t21-,22+/m1/s1. The van der Waals surface area contributed by atoms with Gasteiger partial charge >= 0.3 is 0 Å². The fourth-order valence-corrected chi connectivity index (χ4v) is 5.94. The second-order valence-corrected chi connectivity index (χ2v) is 11.2. The first kappa shape index (κ1) is 24.7. The first-order chi connectivity index (χ1) is 17.5. The normalized spacial score (nSPS) is 23.3. The van der Waals surface area contributed by atoms with E-state index < -0.39 is 0 Å². The third-order valence-corrected chi connectivity index (χ3v) is 8.50. The zero-order valence-electron chi connectivity index (χ0n) is 20.5. The first-order valence-electron chi connectivity index (χ1n) is 13.1. The Morgan fingerprint density at radius 1 is 1.11 bits per heavy atom. The van der Waals surface area contributed by atoms with Crippen molar-refractivity contribution in [3.8, 4) is 17.3 Å². The number of carbonyl (C=O) groups is 2. The third kappa shape index (κ3) is 5.88. The highest BCUT2D eigenvalue weighted by Crippen LogP contribution is 2.44. The molecule has 2 aliphatic carbocycles. The second kappa shape index (κ2) is 11.0. The minimum atomic E-state index is -0.369. The van der Waals surface area contributed by atoms with Crippen molar-refractivity contribution in [3.05, 3.63) is 35.2 Å². The fourth-order valence-electron chi connectivity index (χ4n) is 5.14. The van der Waals surface area contributed by atoms with Crippen molar-refractivity contribution in [2.24, 2.45) is 11.3 Å². The molecule has 9 heteroatoms. The highest BCUT2D eigenvalue weighted by atomic mass is 32.1. The molecule has 2 atom stereocenters. The van der Waals surface area contributed by atoms with Gasteiger partial charge in [-0.3, -0.25) is 9.59 Å². The summed E-state index contributed by atoms with van der Waals surface area (Å²) in [5.74, 6) is -0.458. The molecule has 1 aromatic heterocycles. The topological polar surface area (TPSA) is 119 Å². The van der Waals surface area contributed by atoms with Gasteiger partial charge in [0.1, 0.15) is 0 Å². The zero-order valence-corrected chi connectivity index (χ0v) is 21.3. The van der Waals surface area contributed by atoms with E-state index in [2.05, 4.69) is 27.3 Å². The summed E-state index contributed by atoms with van der Waals surface area (Å²) in [6.07, 6.45) is 7.41. The van der Waals surface area contributed by atoms with E-state index in [1.54, 1.807) is 11.3 Å². The van der Waals surface area contributed by atoms with E-state index in [1.807, 2.05) is 29.6 Å². The van der Waals surface area contributed by atoms with Gasteiger partial charge in [-0.05, 0) is 63.7 Å². The van der Waals surface area contributed by atoms with E-state index in [0.717, 1.165) is 80.8 Å². The van der Waals surface area contributed by atoms with Crippen LogP contribution in [-0.2, 0) is 4.79 Å². The lowest BCUT2D eigenvalue weighted by Gasteiger charge is -2.31. The maximum Gasteiger partial charge on any atom is 0.251 e. The number of piperidine rings is 1. The molecule has 2 heterocycles. The number of aromatic nitrogens is 1. The monoisotopic (exact) mass is 506 g/mol. The van der Waals surface area contributed by atoms with Gasteiger partial charge in [0, 0.05) is 35.1 Å². The molecule has 1 aliphatic heterocycles. The van der Waals surface area contributed by atoms with Crippen LogP contribution < -0.4 is 21.3 Å². The molecule has 36 heavy (non-hydrogen) atoms. The molecule has 0 spiro atoms. The van der Waals surface area contributed by atoms with Crippen molar-refractivity contribution >= 4 is 28.3 Å².